The fourth-order valence-corrected chi connectivity index (χ4v) is 6.04. The van der Waals surface area contributed by atoms with E-state index in [2.05, 4.69) is 4.90 Å². The zero-order valence-electron chi connectivity index (χ0n) is 21.8. The van der Waals surface area contributed by atoms with E-state index in [1.807, 2.05) is 35.2 Å². The third kappa shape index (κ3) is 5.73. The van der Waals surface area contributed by atoms with E-state index in [9.17, 15) is 23.1 Å². The van der Waals surface area contributed by atoms with E-state index in [-0.39, 0.29) is 11.3 Å². The number of ether oxygens (including phenoxy) is 1. The molecule has 2 N–H and O–H groups in total. The molecule has 210 valence electrons. The van der Waals surface area contributed by atoms with Crippen molar-refractivity contribution in [3.8, 4) is 11.5 Å². The summed E-state index contributed by atoms with van der Waals surface area (Å²) in [5.41, 5.74) is 1.20. The van der Waals surface area contributed by atoms with Gasteiger partial charge in [0.05, 0.1) is 7.11 Å². The quantitative estimate of drug-likeness (QED) is 0.420. The number of hydrogen-bond donors (Lipinski definition) is 2. The summed E-state index contributed by atoms with van der Waals surface area (Å²) in [6.07, 6.45) is 3.97. The van der Waals surface area contributed by atoms with Crippen molar-refractivity contribution >= 4 is 44.6 Å². The summed E-state index contributed by atoms with van der Waals surface area (Å²) in [6.45, 7) is 2.69. The Morgan fingerprint density at radius 1 is 1.10 bits per heavy atom. The number of phenols is 1. The molecular weight excluding hydrogens is 539 g/mol. The molecule has 0 aliphatic carbocycles. The van der Waals surface area contributed by atoms with Crippen LogP contribution in [0.1, 0.15) is 11.1 Å². The number of benzene rings is 3. The van der Waals surface area contributed by atoms with Gasteiger partial charge < -0.3 is 14.7 Å². The van der Waals surface area contributed by atoms with Crippen LogP contribution in [0.5, 0.6) is 11.5 Å². The van der Waals surface area contributed by atoms with Gasteiger partial charge in [0.1, 0.15) is 23.7 Å². The van der Waals surface area contributed by atoms with Crippen molar-refractivity contribution in [1.29, 1.82) is 0 Å². The van der Waals surface area contributed by atoms with Crippen molar-refractivity contribution in [3.05, 3.63) is 71.6 Å². The monoisotopic (exact) mass is 568 g/mol. The van der Waals surface area contributed by atoms with E-state index in [0.717, 1.165) is 16.9 Å². The third-order valence-corrected chi connectivity index (χ3v) is 8.48. The smallest absolute Gasteiger partial charge is 0.326 e. The van der Waals surface area contributed by atoms with Crippen LogP contribution in [0.3, 0.4) is 0 Å². The highest BCUT2D eigenvalue weighted by atomic mass is 32.2. The molecule has 2 aliphatic rings. The lowest BCUT2D eigenvalue weighted by molar-refractivity contribution is -0.127. The fourth-order valence-electron chi connectivity index (χ4n) is 4.88. The molecule has 0 saturated carbocycles. The lowest BCUT2D eigenvalue weighted by Gasteiger charge is -2.34. The minimum absolute atomic E-state index is 0.0450. The molecule has 5 rings (SSSR count). The Labute approximate surface area is 231 Å². The first-order valence-corrected chi connectivity index (χ1v) is 14.2. The van der Waals surface area contributed by atoms with Crippen molar-refractivity contribution in [2.45, 2.75) is 6.42 Å². The van der Waals surface area contributed by atoms with Gasteiger partial charge in [-0.1, -0.05) is 24.3 Å². The van der Waals surface area contributed by atoms with Crippen LogP contribution in [0.4, 0.5) is 10.1 Å². The second-order valence-electron chi connectivity index (χ2n) is 9.67. The molecule has 2 fully saturated rings. The number of aromatic hydroxyl groups is 1. The second-order valence-corrected chi connectivity index (χ2v) is 11.3. The van der Waals surface area contributed by atoms with Crippen LogP contribution in [0.25, 0.3) is 16.8 Å². The van der Waals surface area contributed by atoms with Crippen LogP contribution < -0.4 is 13.8 Å². The molecule has 0 unspecified atom stereocenters. The molecule has 12 heteroatoms. The lowest BCUT2D eigenvalue weighted by atomic mass is 10.0. The van der Waals surface area contributed by atoms with Crippen molar-refractivity contribution < 1.29 is 32.2 Å². The summed E-state index contributed by atoms with van der Waals surface area (Å²) >= 11 is 0. The summed E-state index contributed by atoms with van der Waals surface area (Å²) in [4.78, 5) is 28.3. The minimum Gasteiger partial charge on any atom is -0.506 e. The normalized spacial score (nSPS) is 17.5. The number of methoxy groups -OCH3 is 1. The Kier molecular flexibility index (Phi) is 7.63. The Balaban J connectivity index is 1.20. The number of rotatable bonds is 7. The number of anilines is 1. The molecule has 2 heterocycles. The van der Waals surface area contributed by atoms with Crippen molar-refractivity contribution in [3.63, 3.8) is 0 Å². The van der Waals surface area contributed by atoms with E-state index in [0.29, 0.717) is 48.8 Å². The van der Waals surface area contributed by atoms with Gasteiger partial charge in [0.25, 0.3) is 5.91 Å². The summed E-state index contributed by atoms with van der Waals surface area (Å²) in [5.74, 6) is -1.57. The molecule has 3 aromatic carbocycles. The number of fused-ring (bicyclic) bond motifs is 1. The van der Waals surface area contributed by atoms with Gasteiger partial charge in [-0.25, -0.2) is 13.4 Å². The zero-order valence-corrected chi connectivity index (χ0v) is 22.7. The van der Waals surface area contributed by atoms with E-state index >= 15 is 4.39 Å². The lowest BCUT2D eigenvalue weighted by Crippen LogP contribution is -2.48. The first-order valence-electron chi connectivity index (χ1n) is 12.8. The van der Waals surface area contributed by atoms with Gasteiger partial charge in [-0.3, -0.25) is 14.5 Å². The predicted octanol–water partition coefficient (Wildman–Crippen LogP) is 2.27. The molecule has 2 amide bonds. The molecule has 3 aromatic rings. The number of carbonyl (C=O) groups excluding carboxylic acids is 2. The molecule has 0 atom stereocenters. The van der Waals surface area contributed by atoms with Gasteiger partial charge in [0.15, 0.2) is 5.82 Å². The van der Waals surface area contributed by atoms with E-state index in [1.54, 1.807) is 36.1 Å². The van der Waals surface area contributed by atoms with Crippen LogP contribution in [-0.4, -0.2) is 81.5 Å². The van der Waals surface area contributed by atoms with Gasteiger partial charge in [0.2, 0.25) is 5.91 Å². The number of phenolic OH excluding ortho intramolecular Hbond substituents is 1. The van der Waals surface area contributed by atoms with Crippen LogP contribution >= 0.6 is 0 Å². The van der Waals surface area contributed by atoms with Gasteiger partial charge in [0, 0.05) is 44.2 Å². The largest absolute Gasteiger partial charge is 0.506 e. The molecule has 0 spiro atoms. The number of nitrogens with zero attached hydrogens (tertiary/aromatic N) is 3. The summed E-state index contributed by atoms with van der Waals surface area (Å²) in [7, 11) is -2.68. The highest BCUT2D eigenvalue weighted by molar-refractivity contribution is 7.92. The molecule has 40 heavy (non-hydrogen) atoms. The predicted molar refractivity (Wildman–Crippen MR) is 149 cm³/mol. The van der Waals surface area contributed by atoms with Gasteiger partial charge >= 0.3 is 10.2 Å². The summed E-state index contributed by atoms with van der Waals surface area (Å²) in [5, 5.41) is 10.9. The van der Waals surface area contributed by atoms with Crippen molar-refractivity contribution in [1.82, 2.24) is 14.5 Å². The number of hydrogen-bond acceptors (Lipinski definition) is 7. The van der Waals surface area contributed by atoms with E-state index in [1.165, 1.54) is 6.07 Å². The minimum atomic E-state index is -4.28. The fraction of sp³-hybridized carbons (Fsp3) is 0.286. The highest BCUT2D eigenvalue weighted by Crippen LogP contribution is 2.38. The van der Waals surface area contributed by atoms with Gasteiger partial charge in [-0.15, -0.1) is 0 Å². The SMILES string of the molecule is COc1ccc(/C=C/C(=O)N2CCN(CCc3ccc4cc(O)c(N5CC(=O)NS5(=O)=O)c(F)c4c3)CC2)cc1. The first-order chi connectivity index (χ1) is 19.1. The van der Waals surface area contributed by atoms with Gasteiger partial charge in [-0.05, 0) is 53.3 Å². The van der Waals surface area contributed by atoms with Crippen molar-refractivity contribution in [2.24, 2.45) is 0 Å². The van der Waals surface area contributed by atoms with Crippen LogP contribution in [0.15, 0.2) is 54.6 Å². The number of halogens is 1. The Bertz CT molecular complexity index is 1580. The maximum atomic E-state index is 15.5. The second kappa shape index (κ2) is 11.1. The molecule has 2 saturated heterocycles. The number of carbonyl (C=O) groups is 2. The van der Waals surface area contributed by atoms with Crippen LogP contribution in [0.2, 0.25) is 0 Å². The standard InChI is InChI=1S/C28H29FN4O6S/c1-39-22-7-3-19(4-8-22)5-9-26(36)32-14-12-31(13-15-32)11-10-20-2-6-21-17-24(34)28(27(29)23(21)16-20)33-18-25(35)30-40(33,37)38/h2-9,16-17,34H,10-15,18H2,1H3,(H,30,35)/b9-5+. The summed E-state index contributed by atoms with van der Waals surface area (Å²) < 4.78 is 47.4. The molecular formula is C28H29FN4O6S. The summed E-state index contributed by atoms with van der Waals surface area (Å²) in [6, 6.07) is 13.9. The molecule has 2 aliphatic heterocycles. The zero-order chi connectivity index (χ0) is 28.4. The van der Waals surface area contributed by atoms with E-state index in [4.69, 9.17) is 4.74 Å². The maximum absolute atomic E-state index is 15.5. The molecule has 0 radical (unpaired) electrons. The van der Waals surface area contributed by atoms with Crippen molar-refractivity contribution in [2.75, 3.05) is 50.7 Å². The third-order valence-electron chi connectivity index (χ3n) is 7.10. The molecule has 10 nitrogen and oxygen atoms in total. The van der Waals surface area contributed by atoms with Gasteiger partial charge in [-0.2, -0.15) is 8.42 Å². The van der Waals surface area contributed by atoms with Crippen LogP contribution in [0, 0.1) is 5.82 Å². The number of piperazine rings is 1. The maximum Gasteiger partial charge on any atom is 0.326 e. The Morgan fingerprint density at radius 2 is 1.82 bits per heavy atom. The average molecular weight is 569 g/mol. The highest BCUT2D eigenvalue weighted by Gasteiger charge is 2.37. The Hall–Kier alpha value is -4.16. The van der Waals surface area contributed by atoms with E-state index < -0.39 is 39.9 Å². The molecule has 0 bridgehead atoms. The topological polar surface area (TPSA) is 119 Å². The first kappa shape index (κ1) is 27.4. The van der Waals surface area contributed by atoms with Crippen LogP contribution in [-0.2, 0) is 26.2 Å². The number of amides is 2. The molecule has 0 aromatic heterocycles. The number of nitrogens with one attached hydrogen (secondary N) is 1. The Morgan fingerprint density at radius 3 is 2.48 bits per heavy atom. The average Bonchev–Trinajstić information content (AvgIpc) is 3.22.